The van der Waals surface area contributed by atoms with Crippen LogP contribution in [0.4, 0.5) is 11.4 Å². The molecule has 0 heterocycles. The normalized spacial score (nSPS) is 10.9. The average molecular weight is 461 g/mol. The Morgan fingerprint density at radius 1 is 0.935 bits per heavy atom. The fraction of sp³-hybridized carbons (Fsp3) is 0.136. The first-order valence-electron chi connectivity index (χ1n) is 9.20. The minimum absolute atomic E-state index is 0.0593. The Labute approximate surface area is 186 Å². The van der Waals surface area contributed by atoms with Gasteiger partial charge in [0.2, 0.25) is 5.91 Å². The number of nitrogens with one attached hydrogen (secondary N) is 1. The lowest BCUT2D eigenvalue weighted by Gasteiger charge is -2.25. The summed E-state index contributed by atoms with van der Waals surface area (Å²) in [5.74, 6) is 0.261. The number of nitrogens with zero attached hydrogens (tertiary/aromatic N) is 1. The maximum atomic E-state index is 13.4. The number of carbonyl (C=O) groups is 1. The van der Waals surface area contributed by atoms with E-state index in [4.69, 9.17) is 21.1 Å². The highest BCUT2D eigenvalue weighted by atomic mass is 35.5. The number of hydrogen-bond donors (Lipinski definition) is 1. The van der Waals surface area contributed by atoms with Gasteiger partial charge in [-0.3, -0.25) is 9.10 Å². The van der Waals surface area contributed by atoms with Crippen molar-refractivity contribution in [2.45, 2.75) is 4.90 Å². The Bertz CT molecular complexity index is 1150. The number of methoxy groups -OCH3 is 2. The van der Waals surface area contributed by atoms with Crippen LogP contribution in [-0.4, -0.2) is 35.1 Å². The van der Waals surface area contributed by atoms with Gasteiger partial charge in [-0.15, -0.1) is 0 Å². The molecule has 0 unspecified atom stereocenters. The van der Waals surface area contributed by atoms with Gasteiger partial charge in [-0.25, -0.2) is 8.42 Å². The molecule has 0 spiro atoms. The molecule has 0 saturated carbocycles. The topological polar surface area (TPSA) is 84.9 Å². The van der Waals surface area contributed by atoms with Crippen molar-refractivity contribution in [3.8, 4) is 11.5 Å². The van der Waals surface area contributed by atoms with Crippen molar-refractivity contribution in [1.29, 1.82) is 0 Å². The highest BCUT2D eigenvalue weighted by molar-refractivity contribution is 7.92. The number of sulfonamides is 1. The van der Waals surface area contributed by atoms with Gasteiger partial charge in [-0.1, -0.05) is 29.8 Å². The van der Waals surface area contributed by atoms with E-state index in [2.05, 4.69) is 5.32 Å². The minimum atomic E-state index is -4.04. The van der Waals surface area contributed by atoms with Crippen molar-refractivity contribution in [3.05, 3.63) is 77.8 Å². The molecule has 0 aliphatic carbocycles. The first-order valence-corrected chi connectivity index (χ1v) is 11.0. The zero-order valence-electron chi connectivity index (χ0n) is 16.9. The van der Waals surface area contributed by atoms with Crippen LogP contribution >= 0.6 is 11.6 Å². The zero-order chi connectivity index (χ0) is 22.4. The lowest BCUT2D eigenvalue weighted by atomic mass is 10.2. The Kier molecular flexibility index (Phi) is 7.04. The molecule has 0 aromatic heterocycles. The van der Waals surface area contributed by atoms with Gasteiger partial charge in [-0.05, 0) is 48.5 Å². The number of halogens is 1. The number of carbonyl (C=O) groups excluding carboxylic acids is 1. The van der Waals surface area contributed by atoms with Gasteiger partial charge in [0, 0.05) is 16.8 Å². The van der Waals surface area contributed by atoms with Gasteiger partial charge in [0.15, 0.2) is 11.5 Å². The Morgan fingerprint density at radius 2 is 1.58 bits per heavy atom. The highest BCUT2D eigenvalue weighted by Gasteiger charge is 2.28. The van der Waals surface area contributed by atoms with Crippen LogP contribution in [0.25, 0.3) is 0 Å². The fourth-order valence-electron chi connectivity index (χ4n) is 2.88. The third kappa shape index (κ3) is 5.28. The number of rotatable bonds is 8. The van der Waals surface area contributed by atoms with E-state index in [0.717, 1.165) is 4.31 Å². The first kappa shape index (κ1) is 22.5. The molecule has 0 saturated heterocycles. The van der Waals surface area contributed by atoms with Crippen molar-refractivity contribution >= 4 is 38.9 Å². The lowest BCUT2D eigenvalue weighted by molar-refractivity contribution is -0.114. The van der Waals surface area contributed by atoms with Crippen LogP contribution in [0.2, 0.25) is 5.02 Å². The average Bonchev–Trinajstić information content (AvgIpc) is 2.79. The molecule has 162 valence electrons. The molecule has 0 aliphatic rings. The quantitative estimate of drug-likeness (QED) is 0.544. The summed E-state index contributed by atoms with van der Waals surface area (Å²) < 4.78 is 38.3. The molecule has 0 bridgehead atoms. The molecule has 7 nitrogen and oxygen atoms in total. The molecule has 9 heteroatoms. The van der Waals surface area contributed by atoms with Gasteiger partial charge in [0.25, 0.3) is 10.0 Å². The number of anilines is 2. The Hall–Kier alpha value is -3.23. The maximum absolute atomic E-state index is 13.4. The molecular formula is C22H21ClN2O5S. The summed E-state index contributed by atoms with van der Waals surface area (Å²) in [5, 5.41) is 3.21. The smallest absolute Gasteiger partial charge is 0.264 e. The molecule has 0 aliphatic heterocycles. The van der Waals surface area contributed by atoms with Crippen LogP contribution in [0, 0.1) is 0 Å². The molecule has 0 fully saturated rings. The summed E-state index contributed by atoms with van der Waals surface area (Å²) >= 11 is 5.87. The number of hydrogen-bond acceptors (Lipinski definition) is 5. The highest BCUT2D eigenvalue weighted by Crippen LogP contribution is 2.33. The summed E-state index contributed by atoms with van der Waals surface area (Å²) in [4.78, 5) is 12.8. The van der Waals surface area contributed by atoms with Crippen LogP contribution in [0.1, 0.15) is 0 Å². The molecule has 1 amide bonds. The zero-order valence-corrected chi connectivity index (χ0v) is 18.5. The number of amides is 1. The van der Waals surface area contributed by atoms with Crippen molar-refractivity contribution in [1.82, 2.24) is 0 Å². The van der Waals surface area contributed by atoms with Gasteiger partial charge < -0.3 is 14.8 Å². The van der Waals surface area contributed by atoms with Crippen LogP contribution in [0.15, 0.2) is 77.7 Å². The lowest BCUT2D eigenvalue weighted by Crippen LogP contribution is -2.38. The van der Waals surface area contributed by atoms with Crippen LogP contribution < -0.4 is 19.1 Å². The van der Waals surface area contributed by atoms with Crippen molar-refractivity contribution in [2.75, 3.05) is 30.4 Å². The van der Waals surface area contributed by atoms with Crippen LogP contribution in [0.3, 0.4) is 0 Å². The van der Waals surface area contributed by atoms with Gasteiger partial charge in [0.05, 0.1) is 24.8 Å². The number of benzene rings is 3. The minimum Gasteiger partial charge on any atom is -0.493 e. The van der Waals surface area contributed by atoms with Crippen LogP contribution in [-0.2, 0) is 14.8 Å². The number of ether oxygens (including phenoxy) is 2. The third-order valence-electron chi connectivity index (χ3n) is 4.40. The second-order valence-electron chi connectivity index (χ2n) is 6.42. The molecule has 31 heavy (non-hydrogen) atoms. The third-order valence-corrected chi connectivity index (χ3v) is 6.44. The largest absolute Gasteiger partial charge is 0.493 e. The summed E-state index contributed by atoms with van der Waals surface area (Å²) in [7, 11) is -1.11. The summed E-state index contributed by atoms with van der Waals surface area (Å²) in [6, 6.07) is 19.1. The predicted molar refractivity (Wildman–Crippen MR) is 121 cm³/mol. The molecule has 0 atom stereocenters. The van der Waals surface area contributed by atoms with Crippen molar-refractivity contribution in [3.63, 3.8) is 0 Å². The van der Waals surface area contributed by atoms with Crippen molar-refractivity contribution < 1.29 is 22.7 Å². The molecule has 3 aromatic carbocycles. The van der Waals surface area contributed by atoms with Gasteiger partial charge in [0.1, 0.15) is 6.54 Å². The summed E-state index contributed by atoms with van der Waals surface area (Å²) in [5.41, 5.74) is 0.756. The fourth-order valence-corrected chi connectivity index (χ4v) is 4.44. The van der Waals surface area contributed by atoms with E-state index in [9.17, 15) is 13.2 Å². The molecular weight excluding hydrogens is 440 g/mol. The summed E-state index contributed by atoms with van der Waals surface area (Å²) in [6.45, 7) is -0.449. The van der Waals surface area contributed by atoms with Gasteiger partial charge in [-0.2, -0.15) is 0 Å². The second kappa shape index (κ2) is 9.72. The molecule has 3 rings (SSSR count). The van der Waals surface area contributed by atoms with E-state index in [-0.39, 0.29) is 10.6 Å². The van der Waals surface area contributed by atoms with E-state index in [1.807, 2.05) is 0 Å². The Balaban J connectivity index is 1.98. The summed E-state index contributed by atoms with van der Waals surface area (Å²) in [6.07, 6.45) is 0. The Morgan fingerprint density at radius 3 is 2.19 bits per heavy atom. The monoisotopic (exact) mass is 460 g/mol. The van der Waals surface area contributed by atoms with E-state index in [1.165, 1.54) is 32.4 Å². The van der Waals surface area contributed by atoms with Crippen LogP contribution in [0.5, 0.6) is 11.5 Å². The van der Waals surface area contributed by atoms with E-state index in [0.29, 0.717) is 22.2 Å². The molecule has 0 radical (unpaired) electrons. The first-order chi connectivity index (χ1) is 14.8. The van der Waals surface area contributed by atoms with E-state index in [1.54, 1.807) is 54.6 Å². The standard InChI is InChI=1S/C22H21ClN2O5S/c1-29-20-13-12-18(14-21(20)30-2)25(31(27,28)19-6-4-3-5-7-19)15-22(26)24-17-10-8-16(23)9-11-17/h3-14H,15H2,1-2H3,(H,24,26). The second-order valence-corrected chi connectivity index (χ2v) is 8.72. The maximum Gasteiger partial charge on any atom is 0.264 e. The SMILES string of the molecule is COc1ccc(N(CC(=O)Nc2ccc(Cl)cc2)S(=O)(=O)c2ccccc2)cc1OC. The molecule has 3 aromatic rings. The van der Waals surface area contributed by atoms with Crippen molar-refractivity contribution in [2.24, 2.45) is 0 Å². The van der Waals surface area contributed by atoms with E-state index >= 15 is 0 Å². The van der Waals surface area contributed by atoms with E-state index < -0.39 is 22.5 Å². The predicted octanol–water partition coefficient (Wildman–Crippen LogP) is 4.19. The molecule has 1 N–H and O–H groups in total. The van der Waals surface area contributed by atoms with Gasteiger partial charge >= 0.3 is 0 Å².